The van der Waals surface area contributed by atoms with Gasteiger partial charge in [0.15, 0.2) is 0 Å². The quantitative estimate of drug-likeness (QED) is 0.534. The third-order valence-electron chi connectivity index (χ3n) is 5.00. The lowest BCUT2D eigenvalue weighted by atomic mass is 9.89. The first-order valence-electron chi connectivity index (χ1n) is 8.77. The number of hydrogen-bond acceptors (Lipinski definition) is 4. The topological polar surface area (TPSA) is 40.6 Å². The predicted molar refractivity (Wildman–Crippen MR) is 110 cm³/mol. The lowest BCUT2D eigenvalue weighted by Gasteiger charge is -2.40. The average molecular weight is 412 g/mol. The number of methoxy groups -OCH3 is 1. The second kappa shape index (κ2) is 8.78. The normalized spacial score (nSPS) is 12.3. The van der Waals surface area contributed by atoms with E-state index in [-0.39, 0.29) is 0 Å². The van der Waals surface area contributed by atoms with E-state index < -0.39 is 11.2 Å². The molecule has 27 heavy (non-hydrogen) atoms. The molecular formula is C21H27Cl2NO3. The SMILES string of the molecule is COC(C)(C)C(C)(C)OCc1cnc(OCc2ccc(C)cc2Cl)c(Cl)c1. The van der Waals surface area contributed by atoms with Gasteiger partial charge in [0.2, 0.25) is 5.88 Å². The van der Waals surface area contributed by atoms with Crippen LogP contribution in [-0.4, -0.2) is 23.3 Å². The van der Waals surface area contributed by atoms with Gasteiger partial charge < -0.3 is 14.2 Å². The zero-order valence-electron chi connectivity index (χ0n) is 16.7. The van der Waals surface area contributed by atoms with Gasteiger partial charge in [0.25, 0.3) is 0 Å². The molecule has 148 valence electrons. The monoisotopic (exact) mass is 411 g/mol. The maximum Gasteiger partial charge on any atom is 0.232 e. The van der Waals surface area contributed by atoms with E-state index in [9.17, 15) is 0 Å². The summed E-state index contributed by atoms with van der Waals surface area (Å²) < 4.78 is 17.3. The van der Waals surface area contributed by atoms with Crippen LogP contribution in [0.2, 0.25) is 10.0 Å². The molecule has 6 heteroatoms. The molecule has 0 amide bonds. The Kier molecular flexibility index (Phi) is 7.14. The van der Waals surface area contributed by atoms with Crippen molar-refractivity contribution >= 4 is 23.2 Å². The Balaban J connectivity index is 2.01. The summed E-state index contributed by atoms with van der Waals surface area (Å²) in [6.45, 7) is 10.6. The summed E-state index contributed by atoms with van der Waals surface area (Å²) in [6.07, 6.45) is 1.70. The standard InChI is InChI=1S/C21H27Cl2NO3/c1-14-7-8-16(17(22)9-14)13-26-19-18(23)10-15(11-24-19)12-27-21(4,5)20(2,3)25-6/h7-11H,12-13H2,1-6H3. The molecule has 0 fully saturated rings. The van der Waals surface area contributed by atoms with Crippen LogP contribution in [0, 0.1) is 6.92 Å². The summed E-state index contributed by atoms with van der Waals surface area (Å²) in [5.74, 6) is 0.369. The highest BCUT2D eigenvalue weighted by atomic mass is 35.5. The fraction of sp³-hybridized carbons (Fsp3) is 0.476. The van der Waals surface area contributed by atoms with Crippen molar-refractivity contribution in [3.05, 3.63) is 57.2 Å². The second-order valence-corrected chi connectivity index (χ2v) is 8.34. The highest BCUT2D eigenvalue weighted by Crippen LogP contribution is 2.30. The first kappa shape index (κ1) is 22.0. The van der Waals surface area contributed by atoms with Gasteiger partial charge in [-0.2, -0.15) is 0 Å². The number of aromatic nitrogens is 1. The van der Waals surface area contributed by atoms with E-state index in [1.54, 1.807) is 19.4 Å². The number of aryl methyl sites for hydroxylation is 1. The first-order valence-corrected chi connectivity index (χ1v) is 9.52. The Hall–Kier alpha value is -1.33. The van der Waals surface area contributed by atoms with Crippen LogP contribution in [0.3, 0.4) is 0 Å². The lowest BCUT2D eigenvalue weighted by Crippen LogP contribution is -2.48. The Morgan fingerprint density at radius 1 is 0.963 bits per heavy atom. The third-order valence-corrected chi connectivity index (χ3v) is 5.62. The van der Waals surface area contributed by atoms with Gasteiger partial charge >= 0.3 is 0 Å². The molecule has 0 aliphatic heterocycles. The van der Waals surface area contributed by atoms with Gasteiger partial charge in [-0.05, 0) is 57.9 Å². The van der Waals surface area contributed by atoms with Crippen LogP contribution >= 0.6 is 23.2 Å². The third kappa shape index (κ3) is 5.58. The van der Waals surface area contributed by atoms with E-state index in [4.69, 9.17) is 37.4 Å². The Labute approximate surface area is 171 Å². The molecule has 0 N–H and O–H groups in total. The summed E-state index contributed by atoms with van der Waals surface area (Å²) in [6, 6.07) is 7.63. The van der Waals surface area contributed by atoms with Gasteiger partial charge in [-0.3, -0.25) is 0 Å². The number of ether oxygens (including phenoxy) is 3. The van der Waals surface area contributed by atoms with Crippen LogP contribution in [0.5, 0.6) is 5.88 Å². The molecule has 0 saturated heterocycles. The molecule has 1 heterocycles. The number of nitrogens with zero attached hydrogens (tertiary/aromatic N) is 1. The molecule has 2 aromatic rings. The van der Waals surface area contributed by atoms with Crippen LogP contribution in [-0.2, 0) is 22.7 Å². The predicted octanol–water partition coefficient (Wildman–Crippen LogP) is 6.00. The molecule has 0 atom stereocenters. The first-order chi connectivity index (χ1) is 12.6. The van der Waals surface area contributed by atoms with Crippen LogP contribution in [0.1, 0.15) is 44.4 Å². The largest absolute Gasteiger partial charge is 0.472 e. The molecule has 0 aliphatic rings. The second-order valence-electron chi connectivity index (χ2n) is 7.53. The van der Waals surface area contributed by atoms with Gasteiger partial charge in [-0.15, -0.1) is 0 Å². The molecule has 0 bridgehead atoms. The molecule has 0 spiro atoms. The Bertz CT molecular complexity index is 791. The van der Waals surface area contributed by atoms with E-state index in [2.05, 4.69) is 4.98 Å². The molecule has 0 radical (unpaired) electrons. The van der Waals surface area contributed by atoms with E-state index in [0.717, 1.165) is 16.7 Å². The minimum Gasteiger partial charge on any atom is -0.472 e. The van der Waals surface area contributed by atoms with E-state index in [0.29, 0.717) is 29.1 Å². The van der Waals surface area contributed by atoms with E-state index in [1.165, 1.54) is 0 Å². The number of rotatable bonds is 8. The molecule has 0 aliphatic carbocycles. The Morgan fingerprint density at radius 3 is 2.26 bits per heavy atom. The van der Waals surface area contributed by atoms with Gasteiger partial charge in [-0.1, -0.05) is 35.3 Å². The highest BCUT2D eigenvalue weighted by Gasteiger charge is 2.38. The van der Waals surface area contributed by atoms with Crippen LogP contribution in [0.15, 0.2) is 30.5 Å². The number of benzene rings is 1. The van der Waals surface area contributed by atoms with Gasteiger partial charge in [-0.25, -0.2) is 4.98 Å². The van der Waals surface area contributed by atoms with Crippen molar-refractivity contribution in [1.82, 2.24) is 4.98 Å². The van der Waals surface area contributed by atoms with Crippen molar-refractivity contribution in [2.75, 3.05) is 7.11 Å². The van der Waals surface area contributed by atoms with Gasteiger partial charge in [0.1, 0.15) is 11.6 Å². The molecule has 4 nitrogen and oxygen atoms in total. The minimum absolute atomic E-state index is 0.302. The Morgan fingerprint density at radius 2 is 1.67 bits per heavy atom. The number of halogens is 2. The van der Waals surface area contributed by atoms with Crippen molar-refractivity contribution in [2.24, 2.45) is 0 Å². The maximum absolute atomic E-state index is 6.33. The van der Waals surface area contributed by atoms with E-state index in [1.807, 2.05) is 52.8 Å². The van der Waals surface area contributed by atoms with Crippen molar-refractivity contribution < 1.29 is 14.2 Å². The van der Waals surface area contributed by atoms with Gasteiger partial charge in [0, 0.05) is 23.9 Å². The summed E-state index contributed by atoms with van der Waals surface area (Å²) >= 11 is 12.6. The van der Waals surface area contributed by atoms with Crippen molar-refractivity contribution in [1.29, 1.82) is 0 Å². The van der Waals surface area contributed by atoms with Crippen molar-refractivity contribution in [3.8, 4) is 5.88 Å². The van der Waals surface area contributed by atoms with E-state index >= 15 is 0 Å². The fourth-order valence-corrected chi connectivity index (χ4v) is 2.78. The fourth-order valence-electron chi connectivity index (χ4n) is 2.25. The van der Waals surface area contributed by atoms with Crippen LogP contribution in [0.4, 0.5) is 0 Å². The number of pyridine rings is 1. The molecule has 0 unspecified atom stereocenters. The molecule has 2 rings (SSSR count). The van der Waals surface area contributed by atoms with Gasteiger partial charge in [0.05, 0.1) is 17.8 Å². The highest BCUT2D eigenvalue weighted by molar-refractivity contribution is 6.32. The summed E-state index contributed by atoms with van der Waals surface area (Å²) in [4.78, 5) is 4.32. The van der Waals surface area contributed by atoms with Crippen LogP contribution in [0.25, 0.3) is 0 Å². The lowest BCUT2D eigenvalue weighted by molar-refractivity contribution is -0.169. The molecular weight excluding hydrogens is 385 g/mol. The minimum atomic E-state index is -0.481. The zero-order valence-corrected chi connectivity index (χ0v) is 18.2. The summed E-state index contributed by atoms with van der Waals surface area (Å²) in [5.41, 5.74) is 1.94. The van der Waals surface area contributed by atoms with Crippen LogP contribution < -0.4 is 4.74 Å². The van der Waals surface area contributed by atoms with Crippen molar-refractivity contribution in [3.63, 3.8) is 0 Å². The molecule has 1 aromatic carbocycles. The summed E-state index contributed by atoms with van der Waals surface area (Å²) in [5, 5.41) is 1.10. The zero-order chi connectivity index (χ0) is 20.2. The maximum atomic E-state index is 6.33. The average Bonchev–Trinajstić information content (AvgIpc) is 2.60. The number of hydrogen-bond donors (Lipinski definition) is 0. The molecule has 1 aromatic heterocycles. The van der Waals surface area contributed by atoms with Crippen molar-refractivity contribution in [2.45, 2.75) is 59.0 Å². The molecule has 0 saturated carbocycles. The smallest absolute Gasteiger partial charge is 0.232 e. The summed E-state index contributed by atoms with van der Waals surface area (Å²) in [7, 11) is 1.68.